The Morgan fingerprint density at radius 3 is 2.14 bits per heavy atom. The van der Waals surface area contributed by atoms with Gasteiger partial charge in [-0.25, -0.2) is 4.79 Å². The molecule has 0 aromatic heterocycles. The largest absolute Gasteiger partial charge is 0.491 e. The summed E-state index contributed by atoms with van der Waals surface area (Å²) >= 11 is 0. The average molecular weight is 294 g/mol. The Bertz CT molecular complexity index is 416. The summed E-state index contributed by atoms with van der Waals surface area (Å²) in [7, 11) is 0. The maximum Gasteiger partial charge on any atom is 0.333 e. The van der Waals surface area contributed by atoms with Gasteiger partial charge in [-0.3, -0.25) is 0 Å². The van der Waals surface area contributed by atoms with Crippen molar-refractivity contribution >= 4 is 5.97 Å². The molecule has 116 valence electrons. The van der Waals surface area contributed by atoms with Crippen molar-refractivity contribution in [3.8, 4) is 5.75 Å². The van der Waals surface area contributed by atoms with E-state index in [4.69, 9.17) is 18.9 Å². The van der Waals surface area contributed by atoms with Gasteiger partial charge in [0.05, 0.1) is 26.4 Å². The van der Waals surface area contributed by atoms with Gasteiger partial charge in [-0.15, -0.1) is 0 Å². The van der Waals surface area contributed by atoms with Gasteiger partial charge in [0.2, 0.25) is 0 Å². The predicted octanol–water partition coefficient (Wildman–Crippen LogP) is 2.22. The molecular formula is C16H22O5. The van der Waals surface area contributed by atoms with Gasteiger partial charge in [-0.05, 0) is 19.1 Å². The van der Waals surface area contributed by atoms with Crippen molar-refractivity contribution in [2.75, 3.05) is 39.6 Å². The lowest BCUT2D eigenvalue weighted by Crippen LogP contribution is -2.14. The van der Waals surface area contributed by atoms with Gasteiger partial charge in [0.15, 0.2) is 0 Å². The summed E-state index contributed by atoms with van der Waals surface area (Å²) in [4.78, 5) is 11.1. The van der Waals surface area contributed by atoms with Crippen molar-refractivity contribution in [2.45, 2.75) is 6.92 Å². The predicted molar refractivity (Wildman–Crippen MR) is 79.3 cm³/mol. The van der Waals surface area contributed by atoms with Crippen LogP contribution in [0.3, 0.4) is 0 Å². The molecule has 0 fully saturated rings. The maximum atomic E-state index is 11.1. The van der Waals surface area contributed by atoms with Crippen LogP contribution >= 0.6 is 0 Å². The molecular weight excluding hydrogens is 272 g/mol. The average Bonchev–Trinajstić information content (AvgIpc) is 2.49. The minimum Gasteiger partial charge on any atom is -0.491 e. The van der Waals surface area contributed by atoms with Crippen LogP contribution in [0.2, 0.25) is 0 Å². The molecule has 0 aliphatic heterocycles. The van der Waals surface area contributed by atoms with Crippen molar-refractivity contribution in [3.05, 3.63) is 42.5 Å². The first kappa shape index (κ1) is 17.2. The first-order chi connectivity index (χ1) is 10.2. The molecule has 1 aromatic carbocycles. The highest BCUT2D eigenvalue weighted by Gasteiger charge is 2.01. The van der Waals surface area contributed by atoms with Gasteiger partial charge >= 0.3 is 5.97 Å². The zero-order valence-electron chi connectivity index (χ0n) is 12.4. The monoisotopic (exact) mass is 294 g/mol. The lowest BCUT2D eigenvalue weighted by atomic mass is 10.3. The van der Waals surface area contributed by atoms with Crippen molar-refractivity contribution < 1.29 is 23.7 Å². The molecule has 0 spiro atoms. The molecule has 5 heteroatoms. The van der Waals surface area contributed by atoms with Crippen molar-refractivity contribution in [3.63, 3.8) is 0 Å². The summed E-state index contributed by atoms with van der Waals surface area (Å²) in [6, 6.07) is 9.58. The molecule has 5 nitrogen and oxygen atoms in total. The van der Waals surface area contributed by atoms with E-state index in [0.29, 0.717) is 38.6 Å². The number of esters is 1. The van der Waals surface area contributed by atoms with E-state index in [-0.39, 0.29) is 6.61 Å². The molecule has 0 atom stereocenters. The molecule has 0 aliphatic carbocycles. The number of carbonyl (C=O) groups is 1. The van der Waals surface area contributed by atoms with E-state index in [1.165, 1.54) is 0 Å². The lowest BCUT2D eigenvalue weighted by Gasteiger charge is -2.08. The third-order valence-corrected chi connectivity index (χ3v) is 2.42. The molecule has 0 aliphatic rings. The minimum absolute atomic E-state index is 0.225. The van der Waals surface area contributed by atoms with E-state index in [2.05, 4.69) is 6.58 Å². The van der Waals surface area contributed by atoms with E-state index in [9.17, 15) is 4.79 Å². The van der Waals surface area contributed by atoms with Gasteiger partial charge in [-0.1, -0.05) is 24.8 Å². The van der Waals surface area contributed by atoms with Crippen LogP contribution in [0, 0.1) is 0 Å². The summed E-state index contributed by atoms with van der Waals surface area (Å²) in [6.07, 6.45) is 0. The van der Waals surface area contributed by atoms with Gasteiger partial charge in [0.1, 0.15) is 19.0 Å². The Balaban J connectivity index is 1.85. The molecule has 0 amide bonds. The molecule has 0 unspecified atom stereocenters. The Morgan fingerprint density at radius 1 is 0.952 bits per heavy atom. The van der Waals surface area contributed by atoms with Crippen LogP contribution in [0.4, 0.5) is 0 Å². The van der Waals surface area contributed by atoms with Crippen molar-refractivity contribution in [2.24, 2.45) is 0 Å². The lowest BCUT2D eigenvalue weighted by molar-refractivity contribution is -0.140. The molecule has 0 heterocycles. The van der Waals surface area contributed by atoms with E-state index in [1.807, 2.05) is 30.3 Å². The molecule has 0 radical (unpaired) electrons. The smallest absolute Gasteiger partial charge is 0.333 e. The highest BCUT2D eigenvalue weighted by Crippen LogP contribution is 2.07. The highest BCUT2D eigenvalue weighted by molar-refractivity contribution is 5.86. The number of benzene rings is 1. The van der Waals surface area contributed by atoms with Gasteiger partial charge < -0.3 is 18.9 Å². The summed E-state index contributed by atoms with van der Waals surface area (Å²) in [5.74, 6) is 0.435. The fourth-order valence-corrected chi connectivity index (χ4v) is 1.37. The third kappa shape index (κ3) is 8.83. The van der Waals surface area contributed by atoms with Crippen LogP contribution in [0.5, 0.6) is 5.75 Å². The number of ether oxygens (including phenoxy) is 4. The highest BCUT2D eigenvalue weighted by atomic mass is 16.6. The van der Waals surface area contributed by atoms with E-state index >= 15 is 0 Å². The fourth-order valence-electron chi connectivity index (χ4n) is 1.37. The topological polar surface area (TPSA) is 54.0 Å². The van der Waals surface area contributed by atoms with Crippen LogP contribution in [0.25, 0.3) is 0 Å². The Labute approximate surface area is 125 Å². The van der Waals surface area contributed by atoms with Crippen molar-refractivity contribution in [1.29, 1.82) is 0 Å². The second-order valence-corrected chi connectivity index (χ2v) is 4.30. The fraction of sp³-hybridized carbons (Fsp3) is 0.438. The third-order valence-electron chi connectivity index (χ3n) is 2.42. The number of rotatable bonds is 11. The number of para-hydroxylation sites is 1. The molecule has 0 N–H and O–H groups in total. The normalized spacial score (nSPS) is 10.1. The summed E-state index contributed by atoms with van der Waals surface area (Å²) in [5, 5.41) is 0. The number of hydrogen-bond donors (Lipinski definition) is 0. The molecule has 0 saturated heterocycles. The van der Waals surface area contributed by atoms with Crippen LogP contribution < -0.4 is 4.74 Å². The van der Waals surface area contributed by atoms with E-state index in [0.717, 1.165) is 5.75 Å². The van der Waals surface area contributed by atoms with Crippen LogP contribution in [-0.4, -0.2) is 45.6 Å². The second-order valence-electron chi connectivity index (χ2n) is 4.30. The summed E-state index contributed by atoms with van der Waals surface area (Å²) in [6.45, 7) is 7.60. The molecule has 1 rings (SSSR count). The van der Waals surface area contributed by atoms with E-state index < -0.39 is 5.97 Å². The zero-order valence-corrected chi connectivity index (χ0v) is 12.4. The Kier molecular flexibility index (Phi) is 8.91. The molecule has 1 aromatic rings. The maximum absolute atomic E-state index is 11.1. The van der Waals surface area contributed by atoms with Gasteiger partial charge in [-0.2, -0.15) is 0 Å². The van der Waals surface area contributed by atoms with E-state index in [1.54, 1.807) is 6.92 Å². The Morgan fingerprint density at radius 2 is 1.52 bits per heavy atom. The van der Waals surface area contributed by atoms with Gasteiger partial charge in [0, 0.05) is 5.57 Å². The van der Waals surface area contributed by atoms with Crippen LogP contribution in [0.1, 0.15) is 6.92 Å². The second kappa shape index (κ2) is 10.9. The number of carbonyl (C=O) groups excluding carboxylic acids is 1. The van der Waals surface area contributed by atoms with Crippen LogP contribution in [0.15, 0.2) is 42.5 Å². The standard InChI is InChI=1S/C16H22O5/c1-14(2)16(17)21-13-11-19-9-8-18-10-12-20-15-6-4-3-5-7-15/h3-7H,1,8-13H2,2H3. The molecule has 0 saturated carbocycles. The van der Waals surface area contributed by atoms with Crippen LogP contribution in [-0.2, 0) is 19.0 Å². The Hall–Kier alpha value is -1.85. The molecule has 0 bridgehead atoms. The summed E-state index contributed by atoms with van der Waals surface area (Å²) < 4.78 is 20.9. The summed E-state index contributed by atoms with van der Waals surface area (Å²) in [5.41, 5.74) is 0.386. The number of hydrogen-bond acceptors (Lipinski definition) is 5. The SMILES string of the molecule is C=C(C)C(=O)OCCOCCOCCOc1ccccc1. The first-order valence-corrected chi connectivity index (χ1v) is 6.86. The van der Waals surface area contributed by atoms with Gasteiger partial charge in [0.25, 0.3) is 0 Å². The van der Waals surface area contributed by atoms with Crippen molar-refractivity contribution in [1.82, 2.24) is 0 Å². The zero-order chi connectivity index (χ0) is 15.3. The first-order valence-electron chi connectivity index (χ1n) is 6.86. The quantitative estimate of drug-likeness (QED) is 0.356. The molecule has 21 heavy (non-hydrogen) atoms. The minimum atomic E-state index is -0.395.